The van der Waals surface area contributed by atoms with Gasteiger partial charge in [-0.2, -0.15) is 5.10 Å². The molecule has 0 atom stereocenters. The molecule has 2 aromatic carbocycles. The maximum atomic E-state index is 10.7. The molecule has 8 nitrogen and oxygen atoms in total. The van der Waals surface area contributed by atoms with Crippen molar-refractivity contribution in [2.45, 2.75) is 0 Å². The minimum atomic E-state index is -0.469. The average molecular weight is 410 g/mol. The van der Waals surface area contributed by atoms with E-state index in [1.54, 1.807) is 12.1 Å². The summed E-state index contributed by atoms with van der Waals surface area (Å²) in [5.41, 5.74) is 3.73. The zero-order valence-electron chi connectivity index (χ0n) is 12.8. The second kappa shape index (κ2) is 7.65. The molecule has 1 aromatic heterocycles. The van der Waals surface area contributed by atoms with Crippen molar-refractivity contribution >= 4 is 51.6 Å². The zero-order valence-corrected chi connectivity index (χ0v) is 15.1. The highest BCUT2D eigenvalue weighted by Crippen LogP contribution is 2.30. The van der Waals surface area contributed by atoms with Gasteiger partial charge in [0.05, 0.1) is 16.2 Å². The molecule has 0 amide bonds. The summed E-state index contributed by atoms with van der Waals surface area (Å²) in [4.78, 5) is 10.2. The Morgan fingerprint density at radius 2 is 1.96 bits per heavy atom. The van der Waals surface area contributed by atoms with Crippen molar-refractivity contribution in [3.8, 4) is 16.3 Å². The van der Waals surface area contributed by atoms with Crippen LogP contribution < -0.4 is 5.43 Å². The minimum Gasteiger partial charge on any atom is -0.506 e. The molecule has 1 heterocycles. The number of aromatic hydroxyl groups is 1. The molecule has 3 rings (SSSR count). The molecule has 0 saturated heterocycles. The fourth-order valence-corrected chi connectivity index (χ4v) is 3.16. The van der Waals surface area contributed by atoms with Gasteiger partial charge in [-0.15, -0.1) is 10.2 Å². The molecule has 3 aromatic rings. The second-order valence-corrected chi connectivity index (χ2v) is 6.73. The predicted octanol–water partition coefficient (Wildman–Crippen LogP) is 4.57. The standard InChI is InChI=1S/C15H9Cl2N5O3S/c16-10-5-9(13(23)12(17)6-10)7-18-20-15-21-19-14(26-15)8-1-3-11(4-2-8)22(24)25/h1-7,23H,(H,20,21)/b18-7+. The molecule has 11 heteroatoms. The third-order valence-electron chi connectivity index (χ3n) is 3.17. The lowest BCUT2D eigenvalue weighted by Crippen LogP contribution is -1.91. The number of hydrogen-bond donors (Lipinski definition) is 2. The summed E-state index contributed by atoms with van der Waals surface area (Å²) in [6, 6.07) is 8.91. The number of rotatable bonds is 5. The van der Waals surface area contributed by atoms with E-state index < -0.39 is 4.92 Å². The summed E-state index contributed by atoms with van der Waals surface area (Å²) in [6.45, 7) is 0. The van der Waals surface area contributed by atoms with Crippen molar-refractivity contribution in [1.29, 1.82) is 0 Å². The van der Waals surface area contributed by atoms with E-state index in [0.29, 0.717) is 26.3 Å². The molecule has 0 aliphatic carbocycles. The van der Waals surface area contributed by atoms with Gasteiger partial charge in [0.15, 0.2) is 0 Å². The Kier molecular flexibility index (Phi) is 5.31. The Balaban J connectivity index is 1.72. The van der Waals surface area contributed by atoms with Gasteiger partial charge in [-0.05, 0) is 24.3 Å². The quantitative estimate of drug-likeness (QED) is 0.362. The van der Waals surface area contributed by atoms with Gasteiger partial charge in [0.1, 0.15) is 10.8 Å². The zero-order chi connectivity index (χ0) is 18.7. The molecule has 0 saturated carbocycles. The van der Waals surface area contributed by atoms with Crippen LogP contribution in [0.3, 0.4) is 0 Å². The summed E-state index contributed by atoms with van der Waals surface area (Å²) in [6.07, 6.45) is 1.35. The number of phenols is 1. The smallest absolute Gasteiger partial charge is 0.269 e. The number of nitro groups is 1. The van der Waals surface area contributed by atoms with Gasteiger partial charge in [-0.3, -0.25) is 15.5 Å². The van der Waals surface area contributed by atoms with Crippen molar-refractivity contribution in [2.75, 3.05) is 5.43 Å². The number of nitrogens with zero attached hydrogens (tertiary/aromatic N) is 4. The fraction of sp³-hybridized carbons (Fsp3) is 0. The topological polar surface area (TPSA) is 114 Å². The molecule has 0 fully saturated rings. The first-order valence-electron chi connectivity index (χ1n) is 6.99. The normalized spacial score (nSPS) is 11.0. The van der Waals surface area contributed by atoms with Crippen LogP contribution in [-0.2, 0) is 0 Å². The van der Waals surface area contributed by atoms with Gasteiger partial charge in [0, 0.05) is 28.3 Å². The highest BCUT2D eigenvalue weighted by Gasteiger charge is 2.10. The molecule has 0 unspecified atom stereocenters. The first-order valence-corrected chi connectivity index (χ1v) is 8.56. The molecule has 26 heavy (non-hydrogen) atoms. The Hall–Kier alpha value is -2.75. The summed E-state index contributed by atoms with van der Waals surface area (Å²) < 4.78 is 0. The Bertz CT molecular complexity index is 991. The first-order chi connectivity index (χ1) is 12.4. The predicted molar refractivity (Wildman–Crippen MR) is 101 cm³/mol. The van der Waals surface area contributed by atoms with Gasteiger partial charge >= 0.3 is 0 Å². The minimum absolute atomic E-state index is 0.00111. The number of non-ortho nitro benzene ring substituents is 1. The molecule has 2 N–H and O–H groups in total. The van der Waals surface area contributed by atoms with E-state index in [-0.39, 0.29) is 16.5 Å². The third-order valence-corrected chi connectivity index (χ3v) is 4.55. The van der Waals surface area contributed by atoms with Gasteiger partial charge in [0.2, 0.25) is 5.13 Å². The number of hydrogen-bond acceptors (Lipinski definition) is 8. The fourth-order valence-electron chi connectivity index (χ4n) is 1.95. The van der Waals surface area contributed by atoms with Crippen molar-refractivity contribution in [2.24, 2.45) is 5.10 Å². The Morgan fingerprint density at radius 3 is 2.65 bits per heavy atom. The highest BCUT2D eigenvalue weighted by molar-refractivity contribution is 7.18. The third kappa shape index (κ3) is 4.07. The van der Waals surface area contributed by atoms with E-state index in [1.807, 2.05) is 0 Å². The number of nitrogens with one attached hydrogen (secondary N) is 1. The first kappa shape index (κ1) is 18.1. The lowest BCUT2D eigenvalue weighted by Gasteiger charge is -2.02. The number of anilines is 1. The van der Waals surface area contributed by atoms with Crippen LogP contribution >= 0.6 is 34.5 Å². The van der Waals surface area contributed by atoms with E-state index in [1.165, 1.54) is 41.8 Å². The number of benzene rings is 2. The summed E-state index contributed by atoms with van der Waals surface area (Å²) in [5, 5.41) is 33.9. The highest BCUT2D eigenvalue weighted by atomic mass is 35.5. The van der Waals surface area contributed by atoms with E-state index in [9.17, 15) is 15.2 Å². The Morgan fingerprint density at radius 1 is 1.23 bits per heavy atom. The van der Waals surface area contributed by atoms with Crippen LogP contribution in [0.5, 0.6) is 5.75 Å². The lowest BCUT2D eigenvalue weighted by atomic mass is 10.2. The van der Waals surface area contributed by atoms with Crippen molar-refractivity contribution < 1.29 is 10.0 Å². The maximum absolute atomic E-state index is 10.7. The monoisotopic (exact) mass is 409 g/mol. The van der Waals surface area contributed by atoms with Gasteiger partial charge in [-0.1, -0.05) is 34.5 Å². The van der Waals surface area contributed by atoms with Gasteiger partial charge in [-0.25, -0.2) is 0 Å². The molecular weight excluding hydrogens is 401 g/mol. The van der Waals surface area contributed by atoms with Crippen molar-refractivity contribution in [3.63, 3.8) is 0 Å². The number of aromatic nitrogens is 2. The molecule has 0 aliphatic heterocycles. The average Bonchev–Trinajstić information content (AvgIpc) is 3.08. The van der Waals surface area contributed by atoms with E-state index >= 15 is 0 Å². The number of phenolic OH excluding ortho intramolecular Hbond substituents is 1. The van der Waals surface area contributed by atoms with E-state index in [4.69, 9.17) is 23.2 Å². The number of halogens is 2. The molecule has 0 spiro atoms. The number of hydrazone groups is 1. The summed E-state index contributed by atoms with van der Waals surface area (Å²) in [7, 11) is 0. The van der Waals surface area contributed by atoms with Gasteiger partial charge < -0.3 is 5.11 Å². The van der Waals surface area contributed by atoms with Crippen LogP contribution in [0, 0.1) is 10.1 Å². The second-order valence-electron chi connectivity index (χ2n) is 4.91. The molecule has 132 valence electrons. The van der Waals surface area contributed by atoms with Crippen LogP contribution in [-0.4, -0.2) is 26.4 Å². The molecule has 0 aliphatic rings. The SMILES string of the molecule is O=[N+]([O-])c1ccc(-c2nnc(N/N=C/c3cc(Cl)cc(Cl)c3O)s2)cc1. The van der Waals surface area contributed by atoms with Crippen LogP contribution in [0.2, 0.25) is 10.0 Å². The summed E-state index contributed by atoms with van der Waals surface area (Å²) in [5.74, 6) is -0.134. The largest absolute Gasteiger partial charge is 0.506 e. The summed E-state index contributed by atoms with van der Waals surface area (Å²) >= 11 is 12.9. The molecule has 0 bridgehead atoms. The van der Waals surface area contributed by atoms with Crippen molar-refractivity contribution in [1.82, 2.24) is 10.2 Å². The van der Waals surface area contributed by atoms with Gasteiger partial charge in [0.25, 0.3) is 5.69 Å². The van der Waals surface area contributed by atoms with E-state index in [0.717, 1.165) is 0 Å². The van der Waals surface area contributed by atoms with Crippen molar-refractivity contribution in [3.05, 3.63) is 62.1 Å². The number of nitro benzene ring substituents is 1. The van der Waals surface area contributed by atoms with Crippen LogP contribution in [0.1, 0.15) is 5.56 Å². The van der Waals surface area contributed by atoms with Crippen LogP contribution in [0.4, 0.5) is 10.8 Å². The van der Waals surface area contributed by atoms with E-state index in [2.05, 4.69) is 20.7 Å². The van der Waals surface area contributed by atoms with Crippen LogP contribution in [0.25, 0.3) is 10.6 Å². The molecular formula is C15H9Cl2N5O3S. The Labute approximate surface area is 160 Å². The molecule has 0 radical (unpaired) electrons. The van der Waals surface area contributed by atoms with Crippen LogP contribution in [0.15, 0.2) is 41.5 Å². The lowest BCUT2D eigenvalue weighted by molar-refractivity contribution is -0.384. The maximum Gasteiger partial charge on any atom is 0.269 e.